The Labute approximate surface area is 113 Å². The molecule has 1 aromatic carbocycles. The number of phenolic OH excluding ortho intramolecular Hbond substituents is 1. The second-order valence-corrected chi connectivity index (χ2v) is 5.08. The molecule has 118 valence electrons. The number of phenols is 1. The highest BCUT2D eigenvalue weighted by Gasteiger charge is 2.44. The Kier molecular flexibility index (Phi) is 9.15. The molecule has 0 amide bonds. The number of halogens is 3. The lowest BCUT2D eigenvalue weighted by molar-refractivity contribution is -0.176. The third-order valence-corrected chi connectivity index (χ3v) is 2.41. The van der Waals surface area contributed by atoms with Crippen molar-refractivity contribution >= 4 is 10.1 Å². The van der Waals surface area contributed by atoms with Gasteiger partial charge in [0.2, 0.25) is 0 Å². The van der Waals surface area contributed by atoms with Crippen LogP contribution < -0.4 is 0 Å². The van der Waals surface area contributed by atoms with Gasteiger partial charge in [-0.1, -0.05) is 26.0 Å². The molecular weight excluding hydrogens is 305 g/mol. The van der Waals surface area contributed by atoms with E-state index in [1.807, 2.05) is 12.1 Å². The van der Waals surface area contributed by atoms with Crippen molar-refractivity contribution in [3.63, 3.8) is 0 Å². The van der Waals surface area contributed by atoms with E-state index >= 15 is 0 Å². The summed E-state index contributed by atoms with van der Waals surface area (Å²) in [6, 6.07) is 7.37. The van der Waals surface area contributed by atoms with Gasteiger partial charge in [-0.15, -0.1) is 0 Å². The summed E-state index contributed by atoms with van der Waals surface area (Å²) in [5.74, 6) is 0.846. The zero-order valence-electron chi connectivity index (χ0n) is 10.5. The van der Waals surface area contributed by atoms with Gasteiger partial charge in [0.25, 0.3) is 0 Å². The van der Waals surface area contributed by atoms with Crippen molar-refractivity contribution in [2.75, 3.05) is 0 Å². The number of benzene rings is 1. The van der Waals surface area contributed by atoms with Gasteiger partial charge in [0.15, 0.2) is 0 Å². The van der Waals surface area contributed by atoms with Crippen molar-refractivity contribution < 1.29 is 41.8 Å². The molecule has 0 fully saturated rings. The molecule has 0 aliphatic carbocycles. The van der Waals surface area contributed by atoms with Crippen LogP contribution in [0.25, 0.3) is 0 Å². The molecule has 6 nitrogen and oxygen atoms in total. The van der Waals surface area contributed by atoms with E-state index in [4.69, 9.17) is 28.6 Å². The zero-order valence-corrected chi connectivity index (χ0v) is 11.4. The van der Waals surface area contributed by atoms with Crippen LogP contribution in [0, 0.1) is 0 Å². The van der Waals surface area contributed by atoms with Gasteiger partial charge in [-0.25, -0.2) is 0 Å². The summed E-state index contributed by atoms with van der Waals surface area (Å²) < 4.78 is 57.5. The van der Waals surface area contributed by atoms with E-state index < -0.39 is 15.6 Å². The summed E-state index contributed by atoms with van der Waals surface area (Å²) in [5.41, 5.74) is -4.35. The SMILES string of the molecule is CC(C)c1cccc(O)c1.O=S(=O)(O)C(F)(F)F.OO. The van der Waals surface area contributed by atoms with Crippen molar-refractivity contribution in [3.8, 4) is 5.75 Å². The first-order valence-electron chi connectivity index (χ1n) is 4.98. The molecule has 0 aliphatic heterocycles. The Hall–Kier alpha value is -1.36. The van der Waals surface area contributed by atoms with E-state index in [2.05, 4.69) is 13.8 Å². The van der Waals surface area contributed by atoms with Crippen molar-refractivity contribution in [2.24, 2.45) is 0 Å². The lowest BCUT2D eigenvalue weighted by atomic mass is 10.0. The van der Waals surface area contributed by atoms with Gasteiger partial charge in [-0.3, -0.25) is 15.1 Å². The molecule has 0 aliphatic rings. The quantitative estimate of drug-likeness (QED) is 0.274. The normalized spacial score (nSPS) is 11.1. The van der Waals surface area contributed by atoms with E-state index in [1.165, 1.54) is 5.56 Å². The van der Waals surface area contributed by atoms with E-state index in [-0.39, 0.29) is 0 Å². The molecule has 10 heteroatoms. The van der Waals surface area contributed by atoms with Crippen molar-refractivity contribution in [1.29, 1.82) is 0 Å². The topological polar surface area (TPSA) is 115 Å². The first-order valence-corrected chi connectivity index (χ1v) is 6.42. The number of hydrogen-bond acceptors (Lipinski definition) is 5. The fourth-order valence-electron chi connectivity index (χ4n) is 0.884. The Balaban J connectivity index is 0. The summed E-state index contributed by atoms with van der Waals surface area (Å²) >= 11 is 0. The molecule has 1 rings (SSSR count). The molecule has 0 saturated carbocycles. The number of alkyl halides is 3. The minimum Gasteiger partial charge on any atom is -0.508 e. The smallest absolute Gasteiger partial charge is 0.508 e. The van der Waals surface area contributed by atoms with Gasteiger partial charge < -0.3 is 5.11 Å². The number of rotatable bonds is 1. The lowest BCUT2D eigenvalue weighted by Gasteiger charge is -2.03. The van der Waals surface area contributed by atoms with E-state index in [0.29, 0.717) is 11.7 Å². The lowest BCUT2D eigenvalue weighted by Crippen LogP contribution is -2.21. The monoisotopic (exact) mass is 320 g/mol. The molecular formula is C10H15F3O6S. The van der Waals surface area contributed by atoms with Crippen LogP contribution in [0.5, 0.6) is 5.75 Å². The van der Waals surface area contributed by atoms with Crippen LogP contribution in [0.15, 0.2) is 24.3 Å². The molecule has 0 aromatic heterocycles. The van der Waals surface area contributed by atoms with E-state index in [1.54, 1.807) is 12.1 Å². The molecule has 0 heterocycles. The number of hydrogen-bond donors (Lipinski definition) is 4. The molecule has 0 saturated heterocycles. The van der Waals surface area contributed by atoms with Crippen LogP contribution in [-0.4, -0.2) is 34.1 Å². The Morgan fingerprint density at radius 1 is 1.15 bits per heavy atom. The largest absolute Gasteiger partial charge is 0.522 e. The van der Waals surface area contributed by atoms with Gasteiger partial charge in [-0.2, -0.15) is 21.6 Å². The maximum Gasteiger partial charge on any atom is 0.522 e. The summed E-state index contributed by atoms with van der Waals surface area (Å²) in [6.45, 7) is 4.21. The molecule has 0 atom stereocenters. The van der Waals surface area contributed by atoms with Crippen molar-refractivity contribution in [1.82, 2.24) is 0 Å². The third kappa shape index (κ3) is 8.69. The molecule has 1 aromatic rings. The van der Waals surface area contributed by atoms with Gasteiger partial charge >= 0.3 is 15.6 Å². The second kappa shape index (κ2) is 8.74. The van der Waals surface area contributed by atoms with Crippen molar-refractivity contribution in [3.05, 3.63) is 29.8 Å². The Bertz CT molecular complexity index is 484. The summed E-state index contributed by atoms with van der Waals surface area (Å²) in [4.78, 5) is 0. The molecule has 0 bridgehead atoms. The fraction of sp³-hybridized carbons (Fsp3) is 0.400. The average molecular weight is 320 g/mol. The van der Waals surface area contributed by atoms with Crippen LogP contribution in [0.3, 0.4) is 0 Å². The second-order valence-electron chi connectivity index (χ2n) is 3.67. The summed E-state index contributed by atoms with van der Waals surface area (Å²) in [7, 11) is -5.84. The highest BCUT2D eigenvalue weighted by Crippen LogP contribution is 2.20. The third-order valence-electron chi connectivity index (χ3n) is 1.83. The van der Waals surface area contributed by atoms with Crippen LogP contribution >= 0.6 is 0 Å². The molecule has 0 radical (unpaired) electrons. The van der Waals surface area contributed by atoms with Gasteiger partial charge in [-0.05, 0) is 23.6 Å². The number of aromatic hydroxyl groups is 1. The molecule has 0 spiro atoms. The zero-order chi connectivity index (χ0) is 16.6. The first-order chi connectivity index (χ1) is 8.95. The molecule has 4 N–H and O–H groups in total. The predicted molar refractivity (Wildman–Crippen MR) is 65.1 cm³/mol. The summed E-state index contributed by atoms with van der Waals surface area (Å²) in [6.07, 6.45) is 0. The minimum absolute atomic E-state index is 0.353. The maximum atomic E-state index is 10.7. The average Bonchev–Trinajstić information content (AvgIpc) is 2.29. The van der Waals surface area contributed by atoms with Gasteiger partial charge in [0.1, 0.15) is 5.75 Å². The molecule has 20 heavy (non-hydrogen) atoms. The van der Waals surface area contributed by atoms with Crippen molar-refractivity contribution in [2.45, 2.75) is 25.3 Å². The maximum absolute atomic E-state index is 10.7. The summed E-state index contributed by atoms with van der Waals surface area (Å²) in [5, 5.41) is 21.1. The van der Waals surface area contributed by atoms with Crippen LogP contribution in [0.2, 0.25) is 0 Å². The van der Waals surface area contributed by atoms with Crippen LogP contribution in [0.4, 0.5) is 13.2 Å². The van der Waals surface area contributed by atoms with Gasteiger partial charge in [0, 0.05) is 0 Å². The van der Waals surface area contributed by atoms with E-state index in [0.717, 1.165) is 0 Å². The van der Waals surface area contributed by atoms with Crippen LogP contribution in [-0.2, 0) is 10.1 Å². The highest BCUT2D eigenvalue weighted by atomic mass is 32.2. The van der Waals surface area contributed by atoms with Crippen LogP contribution in [0.1, 0.15) is 25.3 Å². The first kappa shape index (κ1) is 20.9. The Morgan fingerprint density at radius 2 is 1.55 bits per heavy atom. The van der Waals surface area contributed by atoms with E-state index in [9.17, 15) is 13.2 Å². The predicted octanol–water partition coefficient (Wildman–Crippen LogP) is 2.93. The standard InChI is InChI=1S/C9H12O.CHF3O3S.H2O2/c1-7(2)8-4-3-5-9(10)6-8;2-1(3,4)8(5,6)7;1-2/h3-7,10H,1-2H3;(H,5,6,7);1-2H. The Morgan fingerprint density at radius 3 is 1.75 bits per heavy atom. The minimum atomic E-state index is -5.84. The highest BCUT2D eigenvalue weighted by molar-refractivity contribution is 7.86. The fourth-order valence-corrected chi connectivity index (χ4v) is 0.884. The van der Waals surface area contributed by atoms with Gasteiger partial charge in [0.05, 0.1) is 0 Å². The molecule has 0 unspecified atom stereocenters.